The number of carboxylic acids is 2. The maximum atomic E-state index is 11.7. The first-order chi connectivity index (χ1) is 14.1. The van der Waals surface area contributed by atoms with E-state index in [-0.39, 0.29) is 6.04 Å². The number of carbonyl (C=O) groups excluding carboxylic acids is 1. The molecule has 0 bridgehead atoms. The molecule has 0 aromatic heterocycles. The minimum atomic E-state index is -2.27. The Morgan fingerprint density at radius 3 is 2.11 bits per heavy atom. The Morgan fingerprint density at radius 1 is 1.14 bits per heavy atom. The number of nitrogens with zero attached hydrogens (tertiary/aromatic N) is 2. The zero-order valence-electron chi connectivity index (χ0n) is 19.1. The van der Waals surface area contributed by atoms with E-state index in [2.05, 4.69) is 0 Å². The van der Waals surface area contributed by atoms with Crippen LogP contribution in [-0.2, 0) is 9.59 Å². The third-order valence-corrected chi connectivity index (χ3v) is 3.72. The van der Waals surface area contributed by atoms with Gasteiger partial charge in [0.25, 0.3) is 0 Å². The van der Waals surface area contributed by atoms with E-state index in [1.807, 2.05) is 13.0 Å². The van der Waals surface area contributed by atoms with Crippen LogP contribution >= 0.6 is 0 Å². The van der Waals surface area contributed by atoms with Crippen LogP contribution in [0.25, 0.3) is 0 Å². The largest absolute Gasteiger partial charge is 0.479 e. The smallest absolute Gasteiger partial charge is 0.414 e. The lowest BCUT2D eigenvalue weighted by Crippen LogP contribution is -2.39. The van der Waals surface area contributed by atoms with E-state index in [0.717, 1.165) is 5.56 Å². The molecule has 0 saturated carbocycles. The summed E-state index contributed by atoms with van der Waals surface area (Å²) in [5, 5.41) is 32.5. The van der Waals surface area contributed by atoms with E-state index in [4.69, 9.17) is 29.3 Å². The number of carboxylic acid groups (broad SMARTS) is 2. The van der Waals surface area contributed by atoms with Gasteiger partial charge in [0.15, 0.2) is 12.2 Å². The van der Waals surface area contributed by atoms with Crippen molar-refractivity contribution in [3.05, 3.63) is 29.8 Å². The Bertz CT molecular complexity index is 742. The van der Waals surface area contributed by atoms with Gasteiger partial charge < -0.3 is 35.0 Å². The summed E-state index contributed by atoms with van der Waals surface area (Å²) in [5.74, 6) is -3.13. The van der Waals surface area contributed by atoms with Crippen molar-refractivity contribution in [1.29, 1.82) is 0 Å². The third-order valence-electron chi connectivity index (χ3n) is 3.72. The summed E-state index contributed by atoms with van der Waals surface area (Å²) in [5.41, 5.74) is 0.776. The fourth-order valence-corrected chi connectivity index (χ4v) is 1.64. The second-order valence-corrected chi connectivity index (χ2v) is 5.81. The van der Waals surface area contributed by atoms with E-state index in [1.165, 1.54) is 9.80 Å². The van der Waals surface area contributed by atoms with Crippen molar-refractivity contribution < 1.29 is 43.7 Å². The molecule has 0 fully saturated rings. The van der Waals surface area contributed by atoms with Crippen LogP contribution in [0.15, 0.2) is 24.3 Å². The van der Waals surface area contributed by atoms with Crippen LogP contribution in [0.4, 0.5) is 4.79 Å². The number of benzene rings is 1. The van der Waals surface area contributed by atoms with Crippen LogP contribution in [0.2, 0.25) is 0 Å². The van der Waals surface area contributed by atoms with E-state index < -0.39 is 37.2 Å². The lowest BCUT2D eigenvalue weighted by molar-refractivity contribution is -0.165. The second kappa shape index (κ2) is 11.9. The van der Waals surface area contributed by atoms with E-state index in [0.29, 0.717) is 12.3 Å². The minimum absolute atomic E-state index is 0.319. The number of hydrogen-bond donors (Lipinski definition) is 4. The van der Waals surface area contributed by atoms with Gasteiger partial charge in [0, 0.05) is 23.7 Å². The fraction of sp³-hybridized carbons (Fsp3) is 0.500. The molecule has 1 rings (SSSR count). The molecule has 0 aliphatic heterocycles. The van der Waals surface area contributed by atoms with Gasteiger partial charge in [-0.05, 0) is 45.6 Å². The molecule has 0 aliphatic carbocycles. The predicted octanol–water partition coefficient (Wildman–Crippen LogP) is 0.637. The first-order valence-electron chi connectivity index (χ1n) is 9.71. The highest BCUT2D eigenvalue weighted by atomic mass is 16.6. The van der Waals surface area contributed by atoms with Gasteiger partial charge in [-0.1, -0.05) is 12.1 Å². The van der Waals surface area contributed by atoms with Gasteiger partial charge in [-0.25, -0.2) is 14.4 Å². The van der Waals surface area contributed by atoms with Gasteiger partial charge in [-0.3, -0.25) is 0 Å². The summed E-state index contributed by atoms with van der Waals surface area (Å²) in [6.45, 7) is 2.03. The molecule has 0 radical (unpaired) electrons. The molecule has 0 spiro atoms. The van der Waals surface area contributed by atoms with Gasteiger partial charge in [0.05, 0.1) is 0 Å². The molecule has 1 amide bonds. The highest BCUT2D eigenvalue weighted by Crippen LogP contribution is 2.22. The zero-order valence-corrected chi connectivity index (χ0v) is 16.1. The third kappa shape index (κ3) is 8.33. The minimum Gasteiger partial charge on any atom is -0.479 e. The number of hydrogen-bond acceptors (Lipinski definition) is 7. The number of rotatable bonds is 7. The zero-order chi connectivity index (χ0) is 24.5. The van der Waals surface area contributed by atoms with Crippen LogP contribution in [-0.4, -0.2) is 88.1 Å². The molecule has 2 unspecified atom stereocenters. The molecule has 0 heterocycles. The number of aliphatic carboxylic acids is 2. The van der Waals surface area contributed by atoms with E-state index in [1.54, 1.807) is 39.2 Å². The summed E-state index contributed by atoms with van der Waals surface area (Å²) in [6.07, 6.45) is -4.97. The van der Waals surface area contributed by atoms with Gasteiger partial charge in [-0.15, -0.1) is 0 Å². The van der Waals surface area contributed by atoms with Crippen molar-refractivity contribution in [1.82, 2.24) is 9.80 Å². The van der Waals surface area contributed by atoms with Crippen LogP contribution in [0.1, 0.15) is 29.6 Å². The van der Waals surface area contributed by atoms with E-state index in [9.17, 15) is 14.4 Å². The molecular weight excluding hydrogens is 373 g/mol. The number of aliphatic hydroxyl groups excluding tert-OH is 2. The van der Waals surface area contributed by atoms with Crippen molar-refractivity contribution in [2.45, 2.75) is 32.1 Å². The standard InChI is InChI=1S/C14H22N2O2.C4H6O6/c1-6-16(5)14(17)18-13-9-7-8-12(10-13)11(2)15(3)4;5-1(3(7)8)2(6)4(9)10/h7-11H,6H2,1-5H3;1-2,5-6H,(H,7,8)(H,9,10)/t11-;/m0./s1/i3+1D3;. The van der Waals surface area contributed by atoms with Crippen molar-refractivity contribution in [2.75, 3.05) is 27.6 Å². The highest BCUT2D eigenvalue weighted by molar-refractivity contribution is 5.83. The molecule has 3 atom stereocenters. The summed E-state index contributed by atoms with van der Waals surface area (Å²) in [7, 11) is 3.19. The summed E-state index contributed by atoms with van der Waals surface area (Å²) < 4.78 is 27.5. The van der Waals surface area contributed by atoms with Gasteiger partial charge >= 0.3 is 18.0 Å². The van der Waals surface area contributed by atoms with Crippen LogP contribution in [0.5, 0.6) is 5.75 Å². The van der Waals surface area contributed by atoms with Gasteiger partial charge in [0.1, 0.15) is 5.75 Å². The van der Waals surface area contributed by atoms with Crippen molar-refractivity contribution in [3.8, 4) is 5.75 Å². The number of amides is 1. The Hall–Kier alpha value is -2.69. The molecule has 10 nitrogen and oxygen atoms in total. The van der Waals surface area contributed by atoms with Crippen molar-refractivity contribution >= 4 is 18.0 Å². The first-order valence-corrected chi connectivity index (χ1v) is 8.21. The summed E-state index contributed by atoms with van der Waals surface area (Å²) >= 11 is 0. The average Bonchev–Trinajstić information content (AvgIpc) is 2.70. The lowest BCUT2D eigenvalue weighted by atomic mass is 10.1. The Morgan fingerprint density at radius 2 is 1.68 bits per heavy atom. The predicted molar refractivity (Wildman–Crippen MR) is 100 cm³/mol. The van der Waals surface area contributed by atoms with Crippen LogP contribution in [0, 0.1) is 0 Å². The number of aliphatic hydroxyl groups is 2. The molecule has 28 heavy (non-hydrogen) atoms. The number of carbonyl (C=O) groups is 3. The average molecular weight is 404 g/mol. The van der Waals surface area contributed by atoms with Crippen molar-refractivity contribution in [2.24, 2.45) is 0 Å². The van der Waals surface area contributed by atoms with Gasteiger partial charge in [0.2, 0.25) is 0 Å². The number of ether oxygens (including phenoxy) is 1. The molecule has 1 aromatic rings. The fourth-order valence-electron chi connectivity index (χ4n) is 1.64. The Balaban J connectivity index is 0.000000759. The molecular formula is C18H28N2O8. The quantitative estimate of drug-likeness (QED) is 0.480. The molecule has 4 N–H and O–H groups in total. The first kappa shape index (κ1) is 20.1. The van der Waals surface area contributed by atoms with Crippen molar-refractivity contribution in [3.63, 3.8) is 0 Å². The van der Waals surface area contributed by atoms with Crippen LogP contribution < -0.4 is 4.74 Å². The second-order valence-electron chi connectivity index (χ2n) is 5.81. The molecule has 0 saturated heterocycles. The molecule has 158 valence electrons. The molecule has 10 heteroatoms. The maximum Gasteiger partial charge on any atom is 0.414 e. The molecule has 1 aromatic carbocycles. The normalized spacial score (nSPS) is 15.6. The summed E-state index contributed by atoms with van der Waals surface area (Å²) in [6, 6.07) is 6.60. The van der Waals surface area contributed by atoms with Crippen LogP contribution in [0.3, 0.4) is 0 Å². The monoisotopic (exact) mass is 404 g/mol. The Labute approximate surface area is 167 Å². The highest BCUT2D eigenvalue weighted by Gasteiger charge is 2.29. The van der Waals surface area contributed by atoms with Gasteiger partial charge in [-0.2, -0.15) is 0 Å². The lowest BCUT2D eigenvalue weighted by Gasteiger charge is -2.21. The summed E-state index contributed by atoms with van der Waals surface area (Å²) in [4.78, 5) is 34.0. The maximum absolute atomic E-state index is 11.7. The van der Waals surface area contributed by atoms with E-state index >= 15 is 0 Å². The SMILES string of the molecule is O=C(O)C(O)C(O)C(=O)O.[2H][13C]([2H])([2H])N(C)[C@@H](C)c1cccc(OC(=O)N(C)CC)c1. The Kier molecular flexibility index (Phi) is 8.53. The molecule has 0 aliphatic rings. The topological polar surface area (TPSA) is 148 Å².